The summed E-state index contributed by atoms with van der Waals surface area (Å²) in [6.07, 6.45) is 2.44. The van der Waals surface area contributed by atoms with Crippen LogP contribution in [0.4, 0.5) is 0 Å². The highest BCUT2D eigenvalue weighted by atomic mass is 16.5. The van der Waals surface area contributed by atoms with Crippen molar-refractivity contribution in [2.24, 2.45) is 0 Å². The zero-order valence-corrected chi connectivity index (χ0v) is 9.41. The average molecular weight is 218 g/mol. The minimum Gasteiger partial charge on any atom is -0.491 e. The summed E-state index contributed by atoms with van der Waals surface area (Å²) in [5.41, 5.74) is 1.32. The standard InChI is InChI=1S/C13H18N2O/c1-2-4-13-11(3-1)12(9-16-13)15-10-5-7-14-8-6-10/h1-4,10,12,14-15H,5-9H2. The molecule has 0 amide bonds. The Morgan fingerprint density at radius 1 is 1.19 bits per heavy atom. The van der Waals surface area contributed by atoms with Gasteiger partial charge in [-0.3, -0.25) is 0 Å². The number of hydrogen-bond acceptors (Lipinski definition) is 3. The van der Waals surface area contributed by atoms with Crippen LogP contribution in [0, 0.1) is 0 Å². The van der Waals surface area contributed by atoms with Gasteiger partial charge >= 0.3 is 0 Å². The van der Waals surface area contributed by atoms with E-state index in [0.717, 1.165) is 25.4 Å². The van der Waals surface area contributed by atoms with Crippen molar-refractivity contribution < 1.29 is 4.74 Å². The molecule has 2 aliphatic rings. The first-order chi connectivity index (χ1) is 7.93. The second kappa shape index (κ2) is 4.44. The zero-order chi connectivity index (χ0) is 10.8. The molecule has 0 spiro atoms. The van der Waals surface area contributed by atoms with Gasteiger partial charge in [-0.05, 0) is 32.0 Å². The smallest absolute Gasteiger partial charge is 0.124 e. The number of hydrogen-bond donors (Lipinski definition) is 2. The summed E-state index contributed by atoms with van der Waals surface area (Å²) in [5, 5.41) is 7.10. The predicted molar refractivity (Wildman–Crippen MR) is 63.7 cm³/mol. The predicted octanol–water partition coefficient (Wildman–Crippen LogP) is 1.46. The molecule has 3 rings (SSSR count). The first kappa shape index (κ1) is 10.1. The van der Waals surface area contributed by atoms with Gasteiger partial charge in [-0.15, -0.1) is 0 Å². The number of benzene rings is 1. The van der Waals surface area contributed by atoms with E-state index >= 15 is 0 Å². The topological polar surface area (TPSA) is 33.3 Å². The van der Waals surface area contributed by atoms with Crippen molar-refractivity contribution in [3.8, 4) is 5.75 Å². The van der Waals surface area contributed by atoms with Crippen LogP contribution in [0.25, 0.3) is 0 Å². The van der Waals surface area contributed by atoms with E-state index < -0.39 is 0 Å². The lowest BCUT2D eigenvalue weighted by atomic mass is 10.0. The van der Waals surface area contributed by atoms with E-state index in [2.05, 4.69) is 28.8 Å². The van der Waals surface area contributed by atoms with Crippen molar-refractivity contribution in [2.75, 3.05) is 19.7 Å². The van der Waals surface area contributed by atoms with E-state index in [1.54, 1.807) is 0 Å². The molecule has 2 aliphatic heterocycles. The Morgan fingerprint density at radius 3 is 2.88 bits per heavy atom. The molecule has 16 heavy (non-hydrogen) atoms. The van der Waals surface area contributed by atoms with Crippen LogP contribution in [0.5, 0.6) is 5.75 Å². The van der Waals surface area contributed by atoms with Gasteiger partial charge in [0, 0.05) is 11.6 Å². The van der Waals surface area contributed by atoms with E-state index in [-0.39, 0.29) is 0 Å². The highest BCUT2D eigenvalue weighted by Gasteiger charge is 2.26. The Kier molecular flexibility index (Phi) is 2.80. The average Bonchev–Trinajstić information content (AvgIpc) is 2.74. The van der Waals surface area contributed by atoms with Crippen molar-refractivity contribution in [1.82, 2.24) is 10.6 Å². The molecule has 3 heteroatoms. The molecule has 0 bridgehead atoms. The molecule has 0 aliphatic carbocycles. The second-order valence-electron chi connectivity index (χ2n) is 4.59. The van der Waals surface area contributed by atoms with Gasteiger partial charge in [0.25, 0.3) is 0 Å². The summed E-state index contributed by atoms with van der Waals surface area (Å²) in [7, 11) is 0. The lowest BCUT2D eigenvalue weighted by Gasteiger charge is -2.26. The molecular formula is C13H18N2O. The molecule has 1 aromatic carbocycles. The molecule has 2 heterocycles. The third-order valence-electron chi connectivity index (χ3n) is 3.48. The molecule has 1 fully saturated rings. The van der Waals surface area contributed by atoms with Crippen LogP contribution in [0.3, 0.4) is 0 Å². The van der Waals surface area contributed by atoms with E-state index in [4.69, 9.17) is 4.74 Å². The van der Waals surface area contributed by atoms with Crippen LogP contribution in [0.1, 0.15) is 24.4 Å². The highest BCUT2D eigenvalue weighted by Crippen LogP contribution is 2.32. The lowest BCUT2D eigenvalue weighted by Crippen LogP contribution is -2.41. The molecular weight excluding hydrogens is 200 g/mol. The Labute approximate surface area is 96.2 Å². The van der Waals surface area contributed by atoms with Crippen LogP contribution < -0.4 is 15.4 Å². The van der Waals surface area contributed by atoms with Crippen LogP contribution in [-0.2, 0) is 0 Å². The number of rotatable bonds is 2. The molecule has 1 aromatic rings. The zero-order valence-electron chi connectivity index (χ0n) is 9.41. The Bertz CT molecular complexity index is 361. The fourth-order valence-electron chi connectivity index (χ4n) is 2.57. The molecule has 0 saturated carbocycles. The Balaban J connectivity index is 1.68. The molecule has 3 nitrogen and oxygen atoms in total. The van der Waals surface area contributed by atoms with E-state index in [1.807, 2.05) is 6.07 Å². The summed E-state index contributed by atoms with van der Waals surface area (Å²) < 4.78 is 5.67. The van der Waals surface area contributed by atoms with Crippen molar-refractivity contribution in [1.29, 1.82) is 0 Å². The first-order valence-corrected chi connectivity index (χ1v) is 6.12. The fraction of sp³-hybridized carbons (Fsp3) is 0.538. The van der Waals surface area contributed by atoms with Crippen LogP contribution >= 0.6 is 0 Å². The number of piperidine rings is 1. The number of para-hydroxylation sites is 1. The minimum atomic E-state index is 0.388. The molecule has 2 N–H and O–H groups in total. The van der Waals surface area contributed by atoms with Crippen LogP contribution in [-0.4, -0.2) is 25.7 Å². The SMILES string of the molecule is c1ccc2c(c1)OCC2NC1CCNCC1. The van der Waals surface area contributed by atoms with E-state index in [0.29, 0.717) is 12.1 Å². The Morgan fingerprint density at radius 2 is 2.00 bits per heavy atom. The van der Waals surface area contributed by atoms with Gasteiger partial charge in [0.2, 0.25) is 0 Å². The Hall–Kier alpha value is -1.06. The molecule has 1 unspecified atom stereocenters. The maximum atomic E-state index is 5.67. The van der Waals surface area contributed by atoms with Crippen molar-refractivity contribution >= 4 is 0 Å². The van der Waals surface area contributed by atoms with E-state index in [1.165, 1.54) is 18.4 Å². The van der Waals surface area contributed by atoms with Crippen molar-refractivity contribution in [3.63, 3.8) is 0 Å². The van der Waals surface area contributed by atoms with Crippen LogP contribution in [0.15, 0.2) is 24.3 Å². The third-order valence-corrected chi connectivity index (χ3v) is 3.48. The summed E-state index contributed by atoms with van der Waals surface area (Å²) in [4.78, 5) is 0. The van der Waals surface area contributed by atoms with Crippen molar-refractivity contribution in [3.05, 3.63) is 29.8 Å². The summed E-state index contributed by atoms with van der Waals surface area (Å²) >= 11 is 0. The molecule has 0 radical (unpaired) electrons. The van der Waals surface area contributed by atoms with Crippen molar-refractivity contribution in [2.45, 2.75) is 24.9 Å². The number of ether oxygens (including phenoxy) is 1. The third kappa shape index (κ3) is 1.93. The minimum absolute atomic E-state index is 0.388. The number of nitrogens with one attached hydrogen (secondary N) is 2. The van der Waals surface area contributed by atoms with Crippen LogP contribution in [0.2, 0.25) is 0 Å². The van der Waals surface area contributed by atoms with Gasteiger partial charge in [0.1, 0.15) is 12.4 Å². The van der Waals surface area contributed by atoms with Gasteiger partial charge in [-0.2, -0.15) is 0 Å². The largest absolute Gasteiger partial charge is 0.491 e. The summed E-state index contributed by atoms with van der Waals surface area (Å²) in [6, 6.07) is 9.37. The summed E-state index contributed by atoms with van der Waals surface area (Å²) in [5.74, 6) is 1.05. The highest BCUT2D eigenvalue weighted by molar-refractivity contribution is 5.39. The molecule has 1 saturated heterocycles. The van der Waals surface area contributed by atoms with Gasteiger partial charge in [-0.1, -0.05) is 18.2 Å². The maximum Gasteiger partial charge on any atom is 0.124 e. The second-order valence-corrected chi connectivity index (χ2v) is 4.59. The molecule has 0 aromatic heterocycles. The monoisotopic (exact) mass is 218 g/mol. The fourth-order valence-corrected chi connectivity index (χ4v) is 2.57. The van der Waals surface area contributed by atoms with Gasteiger partial charge in [0.15, 0.2) is 0 Å². The maximum absolute atomic E-state index is 5.67. The first-order valence-electron chi connectivity index (χ1n) is 6.12. The summed E-state index contributed by atoms with van der Waals surface area (Å²) in [6.45, 7) is 3.04. The molecule has 1 atom stereocenters. The van der Waals surface area contributed by atoms with Gasteiger partial charge in [-0.25, -0.2) is 0 Å². The van der Waals surface area contributed by atoms with E-state index in [9.17, 15) is 0 Å². The van der Waals surface area contributed by atoms with Gasteiger partial charge in [0.05, 0.1) is 6.04 Å². The number of fused-ring (bicyclic) bond motifs is 1. The quantitative estimate of drug-likeness (QED) is 0.788. The molecule has 86 valence electrons. The van der Waals surface area contributed by atoms with Gasteiger partial charge < -0.3 is 15.4 Å². The normalized spacial score (nSPS) is 25.1. The lowest BCUT2D eigenvalue weighted by molar-refractivity contribution is 0.279.